The topological polar surface area (TPSA) is 29.3 Å². The minimum atomic E-state index is 0.732. The first kappa shape index (κ1) is 11.1. The molecule has 1 saturated heterocycles. The molecule has 2 heterocycles. The highest BCUT2D eigenvalue weighted by molar-refractivity contribution is 7.10. The predicted molar refractivity (Wildman–Crippen MR) is 66.1 cm³/mol. The lowest BCUT2D eigenvalue weighted by Crippen LogP contribution is -2.22. The number of hydrogen-bond donors (Lipinski definition) is 1. The Bertz CT molecular complexity index is 308. The molecule has 1 atom stereocenters. The van der Waals surface area contributed by atoms with Crippen molar-refractivity contribution in [2.75, 3.05) is 19.6 Å². The Labute approximate surface area is 96.1 Å². The molecule has 3 heteroatoms. The first-order valence-corrected chi connectivity index (χ1v) is 6.69. The highest BCUT2D eigenvalue weighted by Crippen LogP contribution is 2.23. The van der Waals surface area contributed by atoms with Gasteiger partial charge in [-0.25, -0.2) is 0 Å². The standard InChI is InChI=1S/C12H20N2S/c1-2-11-4-6-15-12(11)9-14-5-3-10(7-13)8-14/h4,6,10H,2-3,5,7-9,13H2,1H3. The van der Waals surface area contributed by atoms with Gasteiger partial charge in [0.15, 0.2) is 0 Å². The van der Waals surface area contributed by atoms with Crippen LogP contribution in [0.5, 0.6) is 0 Å². The molecule has 0 spiro atoms. The van der Waals surface area contributed by atoms with Crippen molar-refractivity contribution in [1.82, 2.24) is 4.90 Å². The number of nitrogens with zero attached hydrogens (tertiary/aromatic N) is 1. The fourth-order valence-corrected chi connectivity index (χ4v) is 3.29. The minimum absolute atomic E-state index is 0.732. The van der Waals surface area contributed by atoms with Crippen molar-refractivity contribution in [3.63, 3.8) is 0 Å². The van der Waals surface area contributed by atoms with Crippen molar-refractivity contribution >= 4 is 11.3 Å². The van der Waals surface area contributed by atoms with Gasteiger partial charge in [-0.15, -0.1) is 11.3 Å². The number of nitrogens with two attached hydrogens (primary N) is 1. The summed E-state index contributed by atoms with van der Waals surface area (Å²) in [7, 11) is 0. The third kappa shape index (κ3) is 2.60. The second-order valence-corrected chi connectivity index (χ2v) is 5.35. The zero-order chi connectivity index (χ0) is 10.7. The normalized spacial score (nSPS) is 22.4. The van der Waals surface area contributed by atoms with E-state index in [1.54, 1.807) is 4.88 Å². The van der Waals surface area contributed by atoms with Crippen LogP contribution < -0.4 is 5.73 Å². The Kier molecular flexibility index (Phi) is 3.78. The molecule has 1 aliphatic heterocycles. The van der Waals surface area contributed by atoms with Crippen LogP contribution in [0.4, 0.5) is 0 Å². The Morgan fingerprint density at radius 3 is 3.13 bits per heavy atom. The molecular weight excluding hydrogens is 204 g/mol. The van der Waals surface area contributed by atoms with Gasteiger partial charge in [-0.05, 0) is 48.9 Å². The average molecular weight is 224 g/mol. The van der Waals surface area contributed by atoms with Crippen LogP contribution in [-0.2, 0) is 13.0 Å². The first-order chi connectivity index (χ1) is 7.33. The van der Waals surface area contributed by atoms with Crippen LogP contribution in [0.15, 0.2) is 11.4 Å². The molecule has 15 heavy (non-hydrogen) atoms. The molecule has 1 aliphatic rings. The van der Waals surface area contributed by atoms with Crippen LogP contribution in [0.3, 0.4) is 0 Å². The molecule has 1 fully saturated rings. The van der Waals surface area contributed by atoms with Crippen molar-refractivity contribution in [3.8, 4) is 0 Å². The lowest BCUT2D eigenvalue weighted by molar-refractivity contribution is 0.320. The Morgan fingerprint density at radius 1 is 1.60 bits per heavy atom. The maximum absolute atomic E-state index is 5.70. The van der Waals surface area contributed by atoms with Gasteiger partial charge in [-0.3, -0.25) is 4.90 Å². The summed E-state index contributed by atoms with van der Waals surface area (Å²) in [4.78, 5) is 4.10. The van der Waals surface area contributed by atoms with Crippen LogP contribution >= 0.6 is 11.3 Å². The first-order valence-electron chi connectivity index (χ1n) is 5.81. The molecular formula is C12H20N2S. The Balaban J connectivity index is 1.92. The van der Waals surface area contributed by atoms with Crippen LogP contribution in [0.25, 0.3) is 0 Å². The predicted octanol–water partition coefficient (Wildman–Crippen LogP) is 2.09. The summed E-state index contributed by atoms with van der Waals surface area (Å²) in [5.41, 5.74) is 7.23. The summed E-state index contributed by atoms with van der Waals surface area (Å²) in [5.74, 6) is 0.732. The molecule has 84 valence electrons. The molecule has 1 aromatic rings. The summed E-state index contributed by atoms with van der Waals surface area (Å²) in [6, 6.07) is 2.26. The summed E-state index contributed by atoms with van der Waals surface area (Å²) in [6.45, 7) is 6.64. The van der Waals surface area contributed by atoms with E-state index in [9.17, 15) is 0 Å². The van der Waals surface area contributed by atoms with E-state index in [4.69, 9.17) is 5.73 Å². The minimum Gasteiger partial charge on any atom is -0.330 e. The van der Waals surface area contributed by atoms with E-state index in [2.05, 4.69) is 23.3 Å². The summed E-state index contributed by atoms with van der Waals surface area (Å²) >= 11 is 1.90. The Hall–Kier alpha value is -0.380. The fraction of sp³-hybridized carbons (Fsp3) is 0.667. The number of thiophene rings is 1. The number of aryl methyl sites for hydroxylation is 1. The highest BCUT2D eigenvalue weighted by Gasteiger charge is 2.21. The summed E-state index contributed by atoms with van der Waals surface area (Å²) in [5, 5.41) is 2.21. The second kappa shape index (κ2) is 5.10. The van der Waals surface area contributed by atoms with Gasteiger partial charge in [-0.1, -0.05) is 6.92 Å². The van der Waals surface area contributed by atoms with Gasteiger partial charge in [-0.2, -0.15) is 0 Å². The van der Waals surface area contributed by atoms with Gasteiger partial charge in [0.25, 0.3) is 0 Å². The van der Waals surface area contributed by atoms with Crippen molar-refractivity contribution in [2.45, 2.75) is 26.3 Å². The molecule has 0 bridgehead atoms. The van der Waals surface area contributed by atoms with E-state index in [0.29, 0.717) is 0 Å². The lowest BCUT2D eigenvalue weighted by atomic mass is 10.1. The van der Waals surface area contributed by atoms with Gasteiger partial charge >= 0.3 is 0 Å². The highest BCUT2D eigenvalue weighted by atomic mass is 32.1. The van der Waals surface area contributed by atoms with Crippen molar-refractivity contribution in [2.24, 2.45) is 11.7 Å². The van der Waals surface area contributed by atoms with Gasteiger partial charge in [0.2, 0.25) is 0 Å². The SMILES string of the molecule is CCc1ccsc1CN1CCC(CN)C1. The number of rotatable bonds is 4. The van der Waals surface area contributed by atoms with Gasteiger partial charge in [0.1, 0.15) is 0 Å². The molecule has 0 amide bonds. The van der Waals surface area contributed by atoms with E-state index in [0.717, 1.165) is 25.4 Å². The number of hydrogen-bond acceptors (Lipinski definition) is 3. The van der Waals surface area contributed by atoms with E-state index < -0.39 is 0 Å². The largest absolute Gasteiger partial charge is 0.330 e. The molecule has 0 radical (unpaired) electrons. The zero-order valence-electron chi connectivity index (χ0n) is 9.41. The van der Waals surface area contributed by atoms with Crippen LogP contribution in [-0.4, -0.2) is 24.5 Å². The summed E-state index contributed by atoms with van der Waals surface area (Å²) in [6.07, 6.45) is 2.44. The molecule has 0 aromatic carbocycles. The smallest absolute Gasteiger partial charge is 0.0330 e. The number of likely N-dealkylation sites (tertiary alicyclic amines) is 1. The third-order valence-electron chi connectivity index (χ3n) is 3.29. The molecule has 1 unspecified atom stereocenters. The molecule has 0 aliphatic carbocycles. The quantitative estimate of drug-likeness (QED) is 0.848. The molecule has 2 rings (SSSR count). The lowest BCUT2D eigenvalue weighted by Gasteiger charge is -2.15. The fourth-order valence-electron chi connectivity index (χ4n) is 2.27. The summed E-state index contributed by atoms with van der Waals surface area (Å²) < 4.78 is 0. The van der Waals surface area contributed by atoms with E-state index in [1.165, 1.54) is 25.1 Å². The monoisotopic (exact) mass is 224 g/mol. The van der Waals surface area contributed by atoms with Gasteiger partial charge in [0, 0.05) is 18.0 Å². The third-order valence-corrected chi connectivity index (χ3v) is 4.24. The van der Waals surface area contributed by atoms with E-state index in [-0.39, 0.29) is 0 Å². The molecule has 1 aromatic heterocycles. The van der Waals surface area contributed by atoms with Gasteiger partial charge < -0.3 is 5.73 Å². The average Bonchev–Trinajstić information content (AvgIpc) is 2.87. The van der Waals surface area contributed by atoms with E-state index in [1.807, 2.05) is 11.3 Å². The van der Waals surface area contributed by atoms with Gasteiger partial charge in [0.05, 0.1) is 0 Å². The van der Waals surface area contributed by atoms with Crippen molar-refractivity contribution in [1.29, 1.82) is 0 Å². The molecule has 2 N–H and O–H groups in total. The maximum Gasteiger partial charge on any atom is 0.0330 e. The van der Waals surface area contributed by atoms with Crippen LogP contribution in [0.2, 0.25) is 0 Å². The van der Waals surface area contributed by atoms with E-state index >= 15 is 0 Å². The molecule has 2 nitrogen and oxygen atoms in total. The second-order valence-electron chi connectivity index (χ2n) is 4.35. The maximum atomic E-state index is 5.70. The van der Waals surface area contributed by atoms with Crippen LogP contribution in [0.1, 0.15) is 23.8 Å². The molecule has 0 saturated carbocycles. The van der Waals surface area contributed by atoms with Crippen LogP contribution in [0, 0.1) is 5.92 Å². The zero-order valence-corrected chi connectivity index (χ0v) is 10.2. The van der Waals surface area contributed by atoms with Crippen molar-refractivity contribution in [3.05, 3.63) is 21.9 Å². The van der Waals surface area contributed by atoms with Crippen molar-refractivity contribution < 1.29 is 0 Å². The Morgan fingerprint density at radius 2 is 2.47 bits per heavy atom.